The third-order valence-electron chi connectivity index (χ3n) is 7.68. The van der Waals surface area contributed by atoms with E-state index in [2.05, 4.69) is 5.32 Å². The molecule has 3 rings (SSSR count). The Hall–Kier alpha value is -1.63. The minimum Gasteiger partial charge on any atom is -0.458 e. The summed E-state index contributed by atoms with van der Waals surface area (Å²) in [6.45, 7) is 11.9. The first-order valence-corrected chi connectivity index (χ1v) is 12.9. The van der Waals surface area contributed by atoms with Crippen molar-refractivity contribution in [3.63, 3.8) is 0 Å². The third kappa shape index (κ3) is 6.09. The third-order valence-corrected chi connectivity index (χ3v) is 7.68. The lowest BCUT2D eigenvalue weighted by atomic mass is 9.82. The van der Waals surface area contributed by atoms with Crippen LogP contribution in [0.4, 0.5) is 0 Å². The predicted molar refractivity (Wildman–Crippen MR) is 128 cm³/mol. The standard InChI is InChI=1S/C26H45N3O4/c1-25(2,3)21(28-22(30)19(27)16-11-8-7-9-12-16)23(31)29-15-17-13-10-14-18(17)20(29)24(32)33-26(4,5)6/h16-21H,7-15,27H2,1-6H3,(H,28,30)/t17-,18-,19+,20-,21-/m1/s1. The summed E-state index contributed by atoms with van der Waals surface area (Å²) >= 11 is 0. The molecule has 0 aromatic rings. The Balaban J connectivity index is 1.79. The van der Waals surface area contributed by atoms with E-state index in [0.717, 1.165) is 44.9 Å². The molecule has 2 saturated carbocycles. The van der Waals surface area contributed by atoms with Crippen molar-refractivity contribution in [2.45, 2.75) is 117 Å². The highest BCUT2D eigenvalue weighted by Gasteiger charge is 2.53. The zero-order chi connectivity index (χ0) is 24.6. The Morgan fingerprint density at radius 2 is 1.58 bits per heavy atom. The van der Waals surface area contributed by atoms with Crippen molar-refractivity contribution in [1.29, 1.82) is 0 Å². The van der Waals surface area contributed by atoms with Gasteiger partial charge in [-0.1, -0.05) is 46.5 Å². The van der Waals surface area contributed by atoms with Crippen LogP contribution in [0.25, 0.3) is 0 Å². The Bertz CT molecular complexity index is 733. The van der Waals surface area contributed by atoms with Crippen LogP contribution in [0.1, 0.15) is 92.9 Å². The van der Waals surface area contributed by atoms with Gasteiger partial charge < -0.3 is 20.7 Å². The highest BCUT2D eigenvalue weighted by Crippen LogP contribution is 2.43. The molecule has 3 aliphatic rings. The van der Waals surface area contributed by atoms with Crippen molar-refractivity contribution < 1.29 is 19.1 Å². The summed E-state index contributed by atoms with van der Waals surface area (Å²) in [5.74, 6) is -0.185. The number of ether oxygens (including phenoxy) is 1. The molecule has 33 heavy (non-hydrogen) atoms. The number of hydrogen-bond donors (Lipinski definition) is 2. The summed E-state index contributed by atoms with van der Waals surface area (Å²) in [5, 5.41) is 3.00. The molecule has 0 aromatic carbocycles. The number of hydrogen-bond acceptors (Lipinski definition) is 5. The van der Waals surface area contributed by atoms with Gasteiger partial charge in [-0.05, 0) is 69.6 Å². The Labute approximate surface area is 199 Å². The van der Waals surface area contributed by atoms with E-state index in [1.54, 1.807) is 4.90 Å². The lowest BCUT2D eigenvalue weighted by Gasteiger charge is -2.37. The number of nitrogens with zero attached hydrogens (tertiary/aromatic N) is 1. The van der Waals surface area contributed by atoms with E-state index in [0.29, 0.717) is 12.5 Å². The highest BCUT2D eigenvalue weighted by atomic mass is 16.6. The summed E-state index contributed by atoms with van der Waals surface area (Å²) in [7, 11) is 0. The number of rotatable bonds is 5. The average molecular weight is 464 g/mol. The van der Waals surface area contributed by atoms with Crippen molar-refractivity contribution >= 4 is 17.8 Å². The van der Waals surface area contributed by atoms with Crippen LogP contribution >= 0.6 is 0 Å². The first-order valence-electron chi connectivity index (χ1n) is 12.9. The molecule has 3 fully saturated rings. The maximum absolute atomic E-state index is 13.9. The summed E-state index contributed by atoms with van der Waals surface area (Å²) in [5.41, 5.74) is 5.21. The fourth-order valence-electron chi connectivity index (χ4n) is 5.96. The Morgan fingerprint density at radius 3 is 2.15 bits per heavy atom. The lowest BCUT2D eigenvalue weighted by Crippen LogP contribution is -2.60. The van der Waals surface area contributed by atoms with E-state index in [1.807, 2.05) is 41.5 Å². The number of amides is 2. The van der Waals surface area contributed by atoms with Crippen molar-refractivity contribution in [3.8, 4) is 0 Å². The molecule has 0 radical (unpaired) electrons. The van der Waals surface area contributed by atoms with Crippen molar-refractivity contribution in [3.05, 3.63) is 0 Å². The van der Waals surface area contributed by atoms with Crippen LogP contribution in [-0.4, -0.2) is 53.0 Å². The fourth-order valence-corrected chi connectivity index (χ4v) is 5.96. The van der Waals surface area contributed by atoms with Crippen LogP contribution in [0.15, 0.2) is 0 Å². The molecule has 0 bridgehead atoms. The molecule has 5 atom stereocenters. The molecule has 7 nitrogen and oxygen atoms in total. The summed E-state index contributed by atoms with van der Waals surface area (Å²) < 4.78 is 5.73. The molecule has 0 unspecified atom stereocenters. The first-order chi connectivity index (χ1) is 15.3. The molecular weight excluding hydrogens is 418 g/mol. The number of likely N-dealkylation sites (tertiary alicyclic amines) is 1. The van der Waals surface area contributed by atoms with Gasteiger partial charge in [0.1, 0.15) is 17.7 Å². The number of carbonyl (C=O) groups excluding carboxylic acids is 3. The topological polar surface area (TPSA) is 102 Å². The average Bonchev–Trinajstić information content (AvgIpc) is 3.30. The second-order valence-corrected chi connectivity index (χ2v) is 12.6. The zero-order valence-corrected chi connectivity index (χ0v) is 21.5. The van der Waals surface area contributed by atoms with E-state index >= 15 is 0 Å². The van der Waals surface area contributed by atoms with Gasteiger partial charge in [0.2, 0.25) is 11.8 Å². The van der Waals surface area contributed by atoms with Crippen LogP contribution < -0.4 is 11.1 Å². The maximum atomic E-state index is 13.9. The molecule has 2 aliphatic carbocycles. The molecule has 2 amide bonds. The SMILES string of the molecule is CC(C)(C)OC(=O)[C@H]1[C@@H]2CCC[C@@H]2CN1C(=O)[C@@H](NC(=O)[C@@H](N)C1CCCCC1)C(C)(C)C. The van der Waals surface area contributed by atoms with Gasteiger partial charge in [-0.25, -0.2) is 4.79 Å². The minimum absolute atomic E-state index is 0.129. The van der Waals surface area contributed by atoms with Gasteiger partial charge >= 0.3 is 5.97 Å². The minimum atomic E-state index is -0.747. The number of fused-ring (bicyclic) bond motifs is 1. The monoisotopic (exact) mass is 463 g/mol. The molecular formula is C26H45N3O4. The van der Waals surface area contributed by atoms with Crippen LogP contribution in [0.3, 0.4) is 0 Å². The van der Waals surface area contributed by atoms with Gasteiger partial charge in [-0.2, -0.15) is 0 Å². The zero-order valence-electron chi connectivity index (χ0n) is 21.5. The number of esters is 1. The number of nitrogens with one attached hydrogen (secondary N) is 1. The normalized spacial score (nSPS) is 28.2. The molecule has 1 heterocycles. The highest BCUT2D eigenvalue weighted by molar-refractivity contribution is 5.93. The molecule has 1 aliphatic heterocycles. The lowest BCUT2D eigenvalue weighted by molar-refractivity contribution is -0.165. The Kier molecular flexibility index (Phi) is 7.82. The van der Waals surface area contributed by atoms with E-state index in [-0.39, 0.29) is 29.6 Å². The van der Waals surface area contributed by atoms with E-state index in [1.165, 1.54) is 6.42 Å². The van der Waals surface area contributed by atoms with Gasteiger partial charge in [0.25, 0.3) is 0 Å². The smallest absolute Gasteiger partial charge is 0.329 e. The maximum Gasteiger partial charge on any atom is 0.329 e. The molecule has 0 aromatic heterocycles. The quantitative estimate of drug-likeness (QED) is 0.609. The number of nitrogens with two attached hydrogens (primary N) is 1. The van der Waals surface area contributed by atoms with E-state index in [9.17, 15) is 14.4 Å². The Morgan fingerprint density at radius 1 is 0.939 bits per heavy atom. The van der Waals surface area contributed by atoms with Crippen LogP contribution in [0, 0.1) is 23.2 Å². The van der Waals surface area contributed by atoms with E-state index in [4.69, 9.17) is 10.5 Å². The van der Waals surface area contributed by atoms with Gasteiger partial charge in [-0.15, -0.1) is 0 Å². The molecule has 0 spiro atoms. The van der Waals surface area contributed by atoms with Crippen molar-refractivity contribution in [1.82, 2.24) is 10.2 Å². The second-order valence-electron chi connectivity index (χ2n) is 12.6. The van der Waals surface area contributed by atoms with Crippen LogP contribution in [0.5, 0.6) is 0 Å². The number of carbonyl (C=O) groups is 3. The van der Waals surface area contributed by atoms with Crippen LogP contribution in [-0.2, 0) is 19.1 Å². The van der Waals surface area contributed by atoms with Gasteiger partial charge in [0.05, 0.1) is 6.04 Å². The van der Waals surface area contributed by atoms with Gasteiger partial charge in [0, 0.05) is 6.54 Å². The molecule has 3 N–H and O–H groups in total. The fraction of sp³-hybridized carbons (Fsp3) is 0.885. The largest absolute Gasteiger partial charge is 0.458 e. The molecule has 1 saturated heterocycles. The first kappa shape index (κ1) is 26.0. The van der Waals surface area contributed by atoms with Crippen LogP contribution in [0.2, 0.25) is 0 Å². The summed E-state index contributed by atoms with van der Waals surface area (Å²) in [4.78, 5) is 41.9. The summed E-state index contributed by atoms with van der Waals surface area (Å²) in [6, 6.07) is -1.94. The van der Waals surface area contributed by atoms with Gasteiger partial charge in [-0.3, -0.25) is 9.59 Å². The molecule has 188 valence electrons. The molecule has 7 heteroatoms. The summed E-state index contributed by atoms with van der Waals surface area (Å²) in [6.07, 6.45) is 8.33. The van der Waals surface area contributed by atoms with E-state index < -0.39 is 29.1 Å². The van der Waals surface area contributed by atoms with Crippen molar-refractivity contribution in [2.24, 2.45) is 28.9 Å². The predicted octanol–water partition coefficient (Wildman–Crippen LogP) is 3.39. The van der Waals surface area contributed by atoms with Gasteiger partial charge in [0.15, 0.2) is 0 Å². The second kappa shape index (κ2) is 9.93. The van der Waals surface area contributed by atoms with Crippen molar-refractivity contribution in [2.75, 3.05) is 6.54 Å².